The predicted octanol–water partition coefficient (Wildman–Crippen LogP) is 1.33. The van der Waals surface area contributed by atoms with E-state index in [2.05, 4.69) is 0 Å². The van der Waals surface area contributed by atoms with Crippen molar-refractivity contribution in [3.05, 3.63) is 21.4 Å². The summed E-state index contributed by atoms with van der Waals surface area (Å²) in [7, 11) is 3.81. The first-order valence-corrected chi connectivity index (χ1v) is 7.56. The molecule has 1 heterocycles. The van der Waals surface area contributed by atoms with Gasteiger partial charge < -0.3 is 14.9 Å². The van der Waals surface area contributed by atoms with E-state index in [9.17, 15) is 9.59 Å². The average molecular weight is 296 g/mol. The molecule has 0 saturated heterocycles. The molecule has 0 radical (unpaired) electrons. The number of rotatable bonds is 6. The van der Waals surface area contributed by atoms with E-state index in [1.54, 1.807) is 0 Å². The van der Waals surface area contributed by atoms with Gasteiger partial charge in [-0.05, 0) is 45.0 Å². The van der Waals surface area contributed by atoms with Gasteiger partial charge in [0.15, 0.2) is 0 Å². The molecule has 1 aromatic rings. The fourth-order valence-corrected chi connectivity index (χ4v) is 3.55. The Kier molecular flexibility index (Phi) is 4.77. The Bertz CT molecular complexity index is 489. The zero-order chi connectivity index (χ0) is 14.7. The second kappa shape index (κ2) is 6.37. The number of amides is 1. The number of carboxylic acid groups (broad SMARTS) is 1. The van der Waals surface area contributed by atoms with Crippen LogP contribution in [0.1, 0.15) is 26.5 Å². The van der Waals surface area contributed by atoms with Crippen LogP contribution >= 0.6 is 11.3 Å². The van der Waals surface area contributed by atoms with Crippen molar-refractivity contribution < 1.29 is 14.7 Å². The number of fused-ring (bicyclic) bond motifs is 1. The van der Waals surface area contributed by atoms with Crippen LogP contribution in [0.5, 0.6) is 0 Å². The van der Waals surface area contributed by atoms with Crippen LogP contribution in [0.25, 0.3) is 0 Å². The third kappa shape index (κ3) is 3.58. The molecule has 0 fully saturated rings. The van der Waals surface area contributed by atoms with E-state index in [0.717, 1.165) is 19.3 Å². The van der Waals surface area contributed by atoms with Crippen LogP contribution in [-0.4, -0.2) is 60.5 Å². The van der Waals surface area contributed by atoms with Gasteiger partial charge in [-0.3, -0.25) is 9.59 Å². The zero-order valence-corrected chi connectivity index (χ0v) is 12.7. The van der Waals surface area contributed by atoms with Crippen LogP contribution in [0, 0.1) is 0 Å². The van der Waals surface area contributed by atoms with Gasteiger partial charge in [0.05, 0.1) is 4.88 Å². The second-order valence-corrected chi connectivity index (χ2v) is 6.47. The predicted molar refractivity (Wildman–Crippen MR) is 78.4 cm³/mol. The maximum atomic E-state index is 12.5. The van der Waals surface area contributed by atoms with E-state index in [1.807, 2.05) is 25.1 Å². The first-order chi connectivity index (χ1) is 9.47. The number of nitrogens with zero attached hydrogens (tertiary/aromatic N) is 2. The number of hydrogen-bond acceptors (Lipinski definition) is 4. The summed E-state index contributed by atoms with van der Waals surface area (Å²) >= 11 is 1.52. The number of carbonyl (C=O) groups is 2. The lowest BCUT2D eigenvalue weighted by Gasteiger charge is -2.22. The Morgan fingerprint density at radius 2 is 2.05 bits per heavy atom. The SMILES string of the molecule is CN(C)CCN(CC(=O)O)C(=O)c1cc2c(s1)CCC2. The average Bonchev–Trinajstić information content (AvgIpc) is 2.93. The monoisotopic (exact) mass is 296 g/mol. The molecule has 0 unspecified atom stereocenters. The van der Waals surface area contributed by atoms with Gasteiger partial charge in [0.2, 0.25) is 0 Å². The molecule has 0 atom stereocenters. The molecule has 110 valence electrons. The number of likely N-dealkylation sites (N-methyl/N-ethyl adjacent to an activating group) is 1. The molecule has 1 N–H and O–H groups in total. The highest BCUT2D eigenvalue weighted by atomic mass is 32.1. The Morgan fingerprint density at radius 1 is 1.30 bits per heavy atom. The maximum absolute atomic E-state index is 12.5. The summed E-state index contributed by atoms with van der Waals surface area (Å²) in [4.78, 5) is 28.7. The number of aliphatic carboxylic acids is 1. The molecule has 0 bridgehead atoms. The van der Waals surface area contributed by atoms with Crippen LogP contribution in [-0.2, 0) is 17.6 Å². The molecule has 0 saturated carbocycles. The molecular weight excluding hydrogens is 276 g/mol. The molecule has 1 aliphatic rings. The number of carboxylic acids is 1. The number of hydrogen-bond donors (Lipinski definition) is 1. The largest absolute Gasteiger partial charge is 0.480 e. The maximum Gasteiger partial charge on any atom is 0.323 e. The molecule has 5 nitrogen and oxygen atoms in total. The van der Waals surface area contributed by atoms with Crippen LogP contribution in [0.4, 0.5) is 0 Å². The fourth-order valence-electron chi connectivity index (χ4n) is 2.33. The van der Waals surface area contributed by atoms with E-state index in [4.69, 9.17) is 5.11 Å². The van der Waals surface area contributed by atoms with Gasteiger partial charge in [-0.25, -0.2) is 0 Å². The lowest BCUT2D eigenvalue weighted by Crippen LogP contribution is -2.39. The van der Waals surface area contributed by atoms with Crippen LogP contribution < -0.4 is 0 Å². The summed E-state index contributed by atoms with van der Waals surface area (Å²) in [5.74, 6) is -1.13. The molecule has 2 rings (SSSR count). The van der Waals surface area contributed by atoms with Crippen molar-refractivity contribution in [2.75, 3.05) is 33.7 Å². The van der Waals surface area contributed by atoms with Crippen molar-refractivity contribution in [3.8, 4) is 0 Å². The molecule has 0 spiro atoms. The summed E-state index contributed by atoms with van der Waals surface area (Å²) < 4.78 is 0. The molecular formula is C14H20N2O3S. The molecule has 1 aromatic heterocycles. The van der Waals surface area contributed by atoms with Crippen LogP contribution in [0.15, 0.2) is 6.07 Å². The quantitative estimate of drug-likeness (QED) is 0.860. The summed E-state index contributed by atoms with van der Waals surface area (Å²) in [5.41, 5.74) is 1.27. The van der Waals surface area contributed by atoms with E-state index >= 15 is 0 Å². The molecule has 1 aliphatic carbocycles. The van der Waals surface area contributed by atoms with Crippen molar-refractivity contribution in [3.63, 3.8) is 0 Å². The van der Waals surface area contributed by atoms with Gasteiger partial charge in [0, 0.05) is 18.0 Å². The Labute approximate surface area is 122 Å². The fraction of sp³-hybridized carbons (Fsp3) is 0.571. The van der Waals surface area contributed by atoms with Crippen molar-refractivity contribution in [2.24, 2.45) is 0 Å². The highest BCUT2D eigenvalue weighted by molar-refractivity contribution is 7.14. The third-order valence-corrected chi connectivity index (χ3v) is 4.61. The lowest BCUT2D eigenvalue weighted by molar-refractivity contribution is -0.137. The lowest BCUT2D eigenvalue weighted by atomic mass is 10.2. The van der Waals surface area contributed by atoms with E-state index in [1.165, 1.54) is 26.7 Å². The normalized spacial score (nSPS) is 13.6. The van der Waals surface area contributed by atoms with Gasteiger partial charge in [-0.1, -0.05) is 0 Å². The Hall–Kier alpha value is -1.40. The van der Waals surface area contributed by atoms with Gasteiger partial charge in [-0.2, -0.15) is 0 Å². The highest BCUT2D eigenvalue weighted by Crippen LogP contribution is 2.31. The number of carbonyl (C=O) groups excluding carboxylic acids is 1. The van der Waals surface area contributed by atoms with Crippen molar-refractivity contribution in [1.29, 1.82) is 0 Å². The molecule has 0 aromatic carbocycles. The van der Waals surface area contributed by atoms with Gasteiger partial charge in [0.1, 0.15) is 6.54 Å². The number of thiophene rings is 1. The van der Waals surface area contributed by atoms with Crippen molar-refractivity contribution in [1.82, 2.24) is 9.80 Å². The number of aryl methyl sites for hydroxylation is 2. The van der Waals surface area contributed by atoms with Crippen molar-refractivity contribution in [2.45, 2.75) is 19.3 Å². The minimum atomic E-state index is -0.971. The third-order valence-electron chi connectivity index (χ3n) is 3.39. The van der Waals surface area contributed by atoms with Gasteiger partial charge >= 0.3 is 5.97 Å². The van der Waals surface area contributed by atoms with Crippen molar-refractivity contribution >= 4 is 23.2 Å². The Morgan fingerprint density at radius 3 is 2.65 bits per heavy atom. The van der Waals surface area contributed by atoms with Gasteiger partial charge in [-0.15, -0.1) is 11.3 Å². The minimum absolute atomic E-state index is 0.159. The molecule has 6 heteroatoms. The van der Waals surface area contributed by atoms with Gasteiger partial charge in [0.25, 0.3) is 5.91 Å². The second-order valence-electron chi connectivity index (χ2n) is 5.34. The van der Waals surface area contributed by atoms with E-state index < -0.39 is 5.97 Å². The van der Waals surface area contributed by atoms with Crippen LogP contribution in [0.3, 0.4) is 0 Å². The van der Waals surface area contributed by atoms with E-state index in [0.29, 0.717) is 18.0 Å². The first-order valence-electron chi connectivity index (χ1n) is 6.74. The topological polar surface area (TPSA) is 60.9 Å². The first kappa shape index (κ1) is 15.0. The summed E-state index contributed by atoms with van der Waals surface area (Å²) in [6, 6.07) is 1.94. The van der Waals surface area contributed by atoms with E-state index in [-0.39, 0.29) is 12.5 Å². The molecule has 20 heavy (non-hydrogen) atoms. The van der Waals surface area contributed by atoms with Crippen LogP contribution in [0.2, 0.25) is 0 Å². The summed E-state index contributed by atoms with van der Waals surface area (Å²) in [6.07, 6.45) is 3.24. The summed E-state index contributed by atoms with van der Waals surface area (Å²) in [6.45, 7) is 0.847. The smallest absolute Gasteiger partial charge is 0.323 e. The zero-order valence-electron chi connectivity index (χ0n) is 11.9. The highest BCUT2D eigenvalue weighted by Gasteiger charge is 2.23. The molecule has 0 aliphatic heterocycles. The standard InChI is InChI=1S/C14H20N2O3S/c1-15(2)6-7-16(9-13(17)18)14(19)12-8-10-4-3-5-11(10)20-12/h8H,3-7,9H2,1-2H3,(H,17,18). The summed E-state index contributed by atoms with van der Waals surface area (Å²) in [5, 5.41) is 8.96. The Balaban J connectivity index is 2.09. The molecule has 1 amide bonds. The minimum Gasteiger partial charge on any atom is -0.480 e.